The van der Waals surface area contributed by atoms with Gasteiger partial charge in [-0.2, -0.15) is 0 Å². The molecule has 0 bridgehead atoms. The summed E-state index contributed by atoms with van der Waals surface area (Å²) in [5.41, 5.74) is -0.892. The summed E-state index contributed by atoms with van der Waals surface area (Å²) in [6.07, 6.45) is 2.68. The Hall–Kier alpha value is -1.28. The van der Waals surface area contributed by atoms with E-state index < -0.39 is 17.4 Å². The Morgan fingerprint density at radius 3 is 2.84 bits per heavy atom. The fourth-order valence-corrected chi connectivity index (χ4v) is 5.21. The van der Waals surface area contributed by atoms with Crippen LogP contribution in [-0.4, -0.2) is 76.7 Å². The number of carbonyl (C=O) groups excluding carboxylic acids is 2. The number of aliphatic carboxylic acids is 1. The van der Waals surface area contributed by atoms with Crippen LogP contribution in [-0.2, 0) is 19.1 Å². The molecule has 3 fully saturated rings. The fourth-order valence-electron chi connectivity index (χ4n) is 4.04. The topological polar surface area (TPSA) is 87.2 Å². The first-order valence-corrected chi connectivity index (χ1v) is 10.1. The summed E-state index contributed by atoms with van der Waals surface area (Å²) >= 11 is 1.59. The van der Waals surface area contributed by atoms with Crippen LogP contribution in [0.3, 0.4) is 0 Å². The van der Waals surface area contributed by atoms with E-state index in [1.807, 2.05) is 6.92 Å². The second-order valence-corrected chi connectivity index (χ2v) is 8.18. The highest BCUT2D eigenvalue weighted by Gasteiger charge is 2.56. The van der Waals surface area contributed by atoms with E-state index in [1.54, 1.807) is 21.6 Å². The maximum atomic E-state index is 13.0. The van der Waals surface area contributed by atoms with E-state index in [2.05, 4.69) is 0 Å². The van der Waals surface area contributed by atoms with E-state index in [4.69, 9.17) is 4.74 Å². The summed E-state index contributed by atoms with van der Waals surface area (Å²) in [6, 6.07) is -0.457. The van der Waals surface area contributed by atoms with Crippen molar-refractivity contribution in [2.45, 2.75) is 38.6 Å². The summed E-state index contributed by atoms with van der Waals surface area (Å²) in [6.45, 7) is 3.48. The van der Waals surface area contributed by atoms with Crippen LogP contribution < -0.4 is 0 Å². The number of fused-ring (bicyclic) bond motifs is 1. The van der Waals surface area contributed by atoms with E-state index in [1.165, 1.54) is 0 Å². The molecule has 2 amide bonds. The van der Waals surface area contributed by atoms with Gasteiger partial charge in [-0.3, -0.25) is 14.4 Å². The molecule has 7 nitrogen and oxygen atoms in total. The first kappa shape index (κ1) is 18.5. The number of rotatable bonds is 5. The van der Waals surface area contributed by atoms with E-state index in [-0.39, 0.29) is 24.3 Å². The molecule has 0 aromatic rings. The number of likely N-dealkylation sites (tertiary alicyclic amines) is 1. The van der Waals surface area contributed by atoms with Crippen molar-refractivity contribution in [1.82, 2.24) is 9.80 Å². The quantitative estimate of drug-likeness (QED) is 0.778. The maximum absolute atomic E-state index is 13.0. The lowest BCUT2D eigenvalue weighted by molar-refractivity contribution is -0.157. The summed E-state index contributed by atoms with van der Waals surface area (Å²) in [5, 5.41) is 9.74. The van der Waals surface area contributed by atoms with E-state index >= 15 is 0 Å². The van der Waals surface area contributed by atoms with Crippen molar-refractivity contribution in [3.05, 3.63) is 0 Å². The molecule has 1 N–H and O–H groups in total. The molecule has 140 valence electrons. The minimum atomic E-state index is -0.892. The van der Waals surface area contributed by atoms with Gasteiger partial charge in [0.25, 0.3) is 0 Å². The molecule has 0 spiro atoms. The monoisotopic (exact) mass is 370 g/mol. The largest absolute Gasteiger partial charge is 0.481 e. The Balaban J connectivity index is 1.70. The van der Waals surface area contributed by atoms with Gasteiger partial charge in [-0.25, -0.2) is 0 Å². The van der Waals surface area contributed by atoms with Crippen LogP contribution in [0.1, 0.15) is 32.6 Å². The van der Waals surface area contributed by atoms with Crippen molar-refractivity contribution in [2.75, 3.05) is 37.9 Å². The van der Waals surface area contributed by atoms with Crippen LogP contribution in [0.4, 0.5) is 0 Å². The molecular formula is C17H26N2O5S. The van der Waals surface area contributed by atoms with E-state index in [9.17, 15) is 19.5 Å². The first-order chi connectivity index (χ1) is 12.0. The molecule has 0 aliphatic carbocycles. The van der Waals surface area contributed by atoms with Crippen LogP contribution >= 0.6 is 11.8 Å². The predicted octanol–water partition coefficient (Wildman–Crippen LogP) is 1.03. The molecule has 3 heterocycles. The molecular weight excluding hydrogens is 344 g/mol. The third-order valence-electron chi connectivity index (χ3n) is 5.68. The second kappa shape index (κ2) is 7.53. The molecule has 0 aromatic heterocycles. The molecule has 0 aromatic carbocycles. The van der Waals surface area contributed by atoms with Crippen molar-refractivity contribution in [3.8, 4) is 0 Å². The minimum absolute atomic E-state index is 0.0260. The average Bonchev–Trinajstić information content (AvgIpc) is 3.24. The Morgan fingerprint density at radius 1 is 1.36 bits per heavy atom. The smallest absolute Gasteiger partial charge is 0.311 e. The lowest BCUT2D eigenvalue weighted by atomic mass is 9.74. The Bertz CT molecular complexity index is 557. The van der Waals surface area contributed by atoms with Crippen LogP contribution in [0.2, 0.25) is 0 Å². The number of unbranched alkanes of at least 4 members (excludes halogenated alkanes) is 1. The van der Waals surface area contributed by atoms with Crippen molar-refractivity contribution in [2.24, 2.45) is 11.3 Å². The van der Waals surface area contributed by atoms with Crippen LogP contribution in [0.5, 0.6) is 0 Å². The van der Waals surface area contributed by atoms with Gasteiger partial charge in [-0.15, -0.1) is 11.8 Å². The number of hydrogen-bond acceptors (Lipinski definition) is 5. The van der Waals surface area contributed by atoms with Gasteiger partial charge in [0.2, 0.25) is 11.8 Å². The zero-order valence-corrected chi connectivity index (χ0v) is 15.4. The van der Waals surface area contributed by atoms with Gasteiger partial charge < -0.3 is 19.6 Å². The molecule has 3 atom stereocenters. The van der Waals surface area contributed by atoms with E-state index in [0.29, 0.717) is 44.2 Å². The Labute approximate surface area is 152 Å². The second-order valence-electron chi connectivity index (χ2n) is 7.18. The van der Waals surface area contributed by atoms with Crippen molar-refractivity contribution >= 4 is 29.5 Å². The summed E-state index contributed by atoms with van der Waals surface area (Å²) in [7, 11) is 0. The van der Waals surface area contributed by atoms with Gasteiger partial charge >= 0.3 is 5.97 Å². The van der Waals surface area contributed by atoms with Crippen LogP contribution in [0.25, 0.3) is 0 Å². The maximum Gasteiger partial charge on any atom is 0.311 e. The van der Waals surface area contributed by atoms with Gasteiger partial charge in [0.1, 0.15) is 6.04 Å². The van der Waals surface area contributed by atoms with Crippen molar-refractivity contribution in [3.63, 3.8) is 0 Å². The molecule has 0 saturated carbocycles. The number of carboxylic acid groups (broad SMARTS) is 1. The van der Waals surface area contributed by atoms with Crippen molar-refractivity contribution in [1.29, 1.82) is 0 Å². The third kappa shape index (κ3) is 3.38. The molecule has 1 unspecified atom stereocenters. The van der Waals surface area contributed by atoms with Gasteiger partial charge in [0.15, 0.2) is 0 Å². The highest BCUT2D eigenvalue weighted by atomic mass is 32.2. The van der Waals surface area contributed by atoms with E-state index in [0.717, 1.165) is 12.8 Å². The molecule has 3 aliphatic rings. The number of carboxylic acids is 1. The highest BCUT2D eigenvalue weighted by Crippen LogP contribution is 2.43. The molecule has 3 saturated heterocycles. The number of carbonyl (C=O) groups is 3. The summed E-state index contributed by atoms with van der Waals surface area (Å²) < 4.78 is 5.45. The molecule has 0 radical (unpaired) electrons. The van der Waals surface area contributed by atoms with Crippen molar-refractivity contribution < 1.29 is 24.2 Å². The normalized spacial score (nSPS) is 31.9. The van der Waals surface area contributed by atoms with Gasteiger partial charge in [0.05, 0.1) is 17.9 Å². The predicted molar refractivity (Wildman–Crippen MR) is 93.1 cm³/mol. The van der Waals surface area contributed by atoms with Crippen LogP contribution in [0.15, 0.2) is 0 Å². The minimum Gasteiger partial charge on any atom is -0.481 e. The lowest BCUT2D eigenvalue weighted by Gasteiger charge is -2.34. The Kier molecular flexibility index (Phi) is 5.58. The first-order valence-electron chi connectivity index (χ1n) is 8.96. The number of nitrogens with zero attached hydrogens (tertiary/aromatic N) is 2. The zero-order valence-electron chi connectivity index (χ0n) is 14.6. The number of thioether (sulfide) groups is 1. The number of amides is 2. The van der Waals surface area contributed by atoms with Gasteiger partial charge in [-0.05, 0) is 12.8 Å². The highest BCUT2D eigenvalue weighted by molar-refractivity contribution is 7.99. The number of ether oxygens (including phenoxy) is 1. The summed E-state index contributed by atoms with van der Waals surface area (Å²) in [5.74, 6) is 0.0504. The molecule has 25 heavy (non-hydrogen) atoms. The SMILES string of the molecule is CCCCC(=O)N1CSCC1C(=O)N1C[C@H]2COCC[C@@]2(C(=O)O)C1. The standard InChI is InChI=1S/C17H26N2O5S/c1-2-3-4-14(20)19-11-25-9-13(19)15(21)18-7-12-8-24-6-5-17(12,10-18)16(22)23/h12-13H,2-11H2,1H3,(H,22,23)/t12-,13?,17+/m0/s1. The lowest BCUT2D eigenvalue weighted by Crippen LogP contribution is -2.49. The summed E-state index contributed by atoms with van der Waals surface area (Å²) in [4.78, 5) is 40.6. The van der Waals surface area contributed by atoms with Gasteiger partial charge in [-0.1, -0.05) is 13.3 Å². The molecule has 8 heteroatoms. The number of hydrogen-bond donors (Lipinski definition) is 1. The van der Waals surface area contributed by atoms with Crippen LogP contribution in [0, 0.1) is 11.3 Å². The average molecular weight is 370 g/mol. The zero-order chi connectivity index (χ0) is 18.0. The molecule has 3 aliphatic heterocycles. The fraction of sp³-hybridized carbons (Fsp3) is 0.824. The molecule has 3 rings (SSSR count). The Morgan fingerprint density at radius 2 is 2.16 bits per heavy atom. The third-order valence-corrected chi connectivity index (χ3v) is 6.69. The van der Waals surface area contributed by atoms with Gasteiger partial charge in [0, 0.05) is 37.8 Å².